The van der Waals surface area contributed by atoms with Crippen LogP contribution in [0.1, 0.15) is 46.1 Å². The number of aryl methyl sites for hydroxylation is 1. The third kappa shape index (κ3) is 4.93. The highest BCUT2D eigenvalue weighted by atomic mass is 32.2. The van der Waals surface area contributed by atoms with E-state index in [2.05, 4.69) is 0 Å². The van der Waals surface area contributed by atoms with Gasteiger partial charge in [0.05, 0.1) is 10.9 Å². The molecule has 21 heavy (non-hydrogen) atoms. The molecule has 0 bridgehead atoms. The van der Waals surface area contributed by atoms with Gasteiger partial charge >= 0.3 is 0 Å². The second-order valence-corrected chi connectivity index (χ2v) is 6.17. The molecule has 4 nitrogen and oxygen atoms in total. The molecule has 1 aromatic carbocycles. The Hall–Kier alpha value is -1.20. The van der Waals surface area contributed by atoms with E-state index in [9.17, 15) is 13.2 Å². The molecule has 1 aromatic rings. The summed E-state index contributed by atoms with van der Waals surface area (Å²) in [6.07, 6.45) is 2.09. The summed E-state index contributed by atoms with van der Waals surface area (Å²) in [5.74, 6) is 0. The topological polar surface area (TPSA) is 54.5 Å². The lowest BCUT2D eigenvalue weighted by molar-refractivity contribution is -0.110. The highest BCUT2D eigenvalue weighted by Crippen LogP contribution is 2.25. The summed E-state index contributed by atoms with van der Waals surface area (Å²) in [7, 11) is -3.51. The summed E-state index contributed by atoms with van der Waals surface area (Å²) in [5.41, 5.74) is 1.01. The Morgan fingerprint density at radius 3 is 2.10 bits per heavy atom. The van der Waals surface area contributed by atoms with Crippen LogP contribution in [0.2, 0.25) is 0 Å². The van der Waals surface area contributed by atoms with Crippen molar-refractivity contribution in [3.8, 4) is 0 Å². The van der Waals surface area contributed by atoms with Crippen LogP contribution >= 0.6 is 0 Å². The maximum atomic E-state index is 12.3. The zero-order valence-electron chi connectivity index (χ0n) is 13.7. The number of carbonyl (C=O) groups is 1. The van der Waals surface area contributed by atoms with Gasteiger partial charge in [0.25, 0.3) is 0 Å². The fraction of sp³-hybridized carbons (Fsp3) is 0.562. The van der Waals surface area contributed by atoms with E-state index in [0.717, 1.165) is 18.3 Å². The van der Waals surface area contributed by atoms with Crippen molar-refractivity contribution in [3.05, 3.63) is 29.8 Å². The first-order chi connectivity index (χ1) is 10.1. The number of benzene rings is 1. The first kappa shape index (κ1) is 19.8. The summed E-state index contributed by atoms with van der Waals surface area (Å²) in [6.45, 7) is 10.3. The number of carbonyl (C=O) groups excluding carboxylic acids is 1. The van der Waals surface area contributed by atoms with Crippen LogP contribution in [0.5, 0.6) is 0 Å². The molecule has 0 unspecified atom stereocenters. The quantitative estimate of drug-likeness (QED) is 0.804. The maximum Gasteiger partial charge on any atom is 0.243 e. The van der Waals surface area contributed by atoms with Crippen LogP contribution < -0.4 is 0 Å². The van der Waals surface area contributed by atoms with Crippen LogP contribution in [0.3, 0.4) is 0 Å². The Bertz CT molecular complexity index is 509. The Morgan fingerprint density at radius 2 is 1.62 bits per heavy atom. The monoisotopic (exact) mass is 313 g/mol. The number of nitrogens with zero attached hydrogens (tertiary/aromatic N) is 1. The summed E-state index contributed by atoms with van der Waals surface area (Å²) in [5, 5.41) is 0. The Morgan fingerprint density at radius 1 is 1.10 bits per heavy atom. The third-order valence-electron chi connectivity index (χ3n) is 3.03. The maximum absolute atomic E-state index is 12.3. The van der Waals surface area contributed by atoms with E-state index < -0.39 is 16.1 Å². The molecule has 120 valence electrons. The Labute approximate surface area is 129 Å². The predicted octanol–water partition coefficient (Wildman–Crippen LogP) is 3.40. The molecule has 0 N–H and O–H groups in total. The van der Waals surface area contributed by atoms with Crippen LogP contribution in [0, 0.1) is 6.92 Å². The predicted molar refractivity (Wildman–Crippen MR) is 86.9 cm³/mol. The minimum Gasteiger partial charge on any atom is -0.302 e. The minimum absolute atomic E-state index is 0.261. The molecule has 5 heteroatoms. The van der Waals surface area contributed by atoms with Gasteiger partial charge in [-0.3, -0.25) is 0 Å². The van der Waals surface area contributed by atoms with E-state index in [1.165, 1.54) is 4.31 Å². The summed E-state index contributed by atoms with van der Waals surface area (Å²) in [4.78, 5) is 11.1. The molecule has 0 amide bonds. The zero-order chi connectivity index (χ0) is 16.5. The molecule has 0 saturated carbocycles. The highest BCUT2D eigenvalue weighted by molar-refractivity contribution is 7.89. The summed E-state index contributed by atoms with van der Waals surface area (Å²) < 4.78 is 25.9. The van der Waals surface area contributed by atoms with Crippen molar-refractivity contribution >= 4 is 16.3 Å². The number of sulfonamides is 1. The standard InChI is InChI=1S/C12H15NO3S.2C2H6/c1-10-4-6-12(7-5-10)17(15,16)13-8-2-3-11(13)9-14;2*1-2/h4-7,9,11H,2-3,8H2,1H3;2*1-2H3/t11-;;/m0../s1. The van der Waals surface area contributed by atoms with Crippen molar-refractivity contribution < 1.29 is 13.2 Å². The molecular weight excluding hydrogens is 286 g/mol. The van der Waals surface area contributed by atoms with E-state index in [4.69, 9.17) is 0 Å². The Balaban J connectivity index is 0.000000921. The highest BCUT2D eigenvalue weighted by Gasteiger charge is 2.34. The lowest BCUT2D eigenvalue weighted by Crippen LogP contribution is -2.36. The summed E-state index contributed by atoms with van der Waals surface area (Å²) in [6, 6.07) is 6.20. The molecule has 1 heterocycles. The Kier molecular flexibility index (Phi) is 9.13. The van der Waals surface area contributed by atoms with Gasteiger partial charge in [0, 0.05) is 6.54 Å². The lowest BCUT2D eigenvalue weighted by atomic mass is 10.2. The lowest BCUT2D eigenvalue weighted by Gasteiger charge is -2.19. The summed E-state index contributed by atoms with van der Waals surface area (Å²) >= 11 is 0. The van der Waals surface area contributed by atoms with E-state index in [1.54, 1.807) is 24.3 Å². The molecule has 0 spiro atoms. The molecule has 1 aliphatic rings. The molecule has 0 aliphatic carbocycles. The van der Waals surface area contributed by atoms with Crippen molar-refractivity contribution in [2.24, 2.45) is 0 Å². The van der Waals surface area contributed by atoms with Crippen molar-refractivity contribution in [2.45, 2.75) is 58.4 Å². The van der Waals surface area contributed by atoms with Crippen LogP contribution in [-0.4, -0.2) is 31.6 Å². The molecule has 2 rings (SSSR count). The fourth-order valence-corrected chi connectivity index (χ4v) is 3.68. The van der Waals surface area contributed by atoms with Crippen LogP contribution in [0.15, 0.2) is 29.2 Å². The number of hydrogen-bond donors (Lipinski definition) is 0. The van der Waals surface area contributed by atoms with Gasteiger partial charge in [-0.2, -0.15) is 4.31 Å². The fourth-order valence-electron chi connectivity index (χ4n) is 2.05. The van der Waals surface area contributed by atoms with Gasteiger partial charge in [-0.05, 0) is 31.9 Å². The molecule has 1 saturated heterocycles. The first-order valence-electron chi connectivity index (χ1n) is 7.59. The largest absolute Gasteiger partial charge is 0.302 e. The number of rotatable bonds is 3. The molecule has 1 atom stereocenters. The van der Waals surface area contributed by atoms with Crippen molar-refractivity contribution in [1.82, 2.24) is 4.31 Å². The van der Waals surface area contributed by atoms with Gasteiger partial charge in [0.2, 0.25) is 10.0 Å². The molecule has 0 radical (unpaired) electrons. The third-order valence-corrected chi connectivity index (χ3v) is 4.97. The van der Waals surface area contributed by atoms with Crippen molar-refractivity contribution in [1.29, 1.82) is 0 Å². The van der Waals surface area contributed by atoms with Gasteiger partial charge in [-0.15, -0.1) is 0 Å². The van der Waals surface area contributed by atoms with Crippen LogP contribution in [0.4, 0.5) is 0 Å². The normalized spacial score (nSPS) is 18.0. The van der Waals surface area contributed by atoms with Crippen LogP contribution in [-0.2, 0) is 14.8 Å². The van der Waals surface area contributed by atoms with Crippen molar-refractivity contribution in [3.63, 3.8) is 0 Å². The smallest absolute Gasteiger partial charge is 0.243 e. The van der Waals surface area contributed by atoms with Gasteiger partial charge in [0.15, 0.2) is 0 Å². The minimum atomic E-state index is -3.51. The first-order valence-corrected chi connectivity index (χ1v) is 9.03. The second kappa shape index (κ2) is 9.68. The van der Waals surface area contributed by atoms with E-state index in [-0.39, 0.29) is 4.90 Å². The van der Waals surface area contributed by atoms with Gasteiger partial charge in [-0.1, -0.05) is 45.4 Å². The van der Waals surface area contributed by atoms with Crippen molar-refractivity contribution in [2.75, 3.05) is 6.54 Å². The van der Waals surface area contributed by atoms with Crippen LogP contribution in [0.25, 0.3) is 0 Å². The molecule has 0 aromatic heterocycles. The SMILES string of the molecule is CC.CC.Cc1ccc(S(=O)(=O)N2CCC[C@H]2C=O)cc1. The molecular formula is C16H27NO3S. The van der Waals surface area contributed by atoms with Gasteiger partial charge < -0.3 is 4.79 Å². The van der Waals surface area contributed by atoms with Gasteiger partial charge in [-0.25, -0.2) is 8.42 Å². The van der Waals surface area contributed by atoms with E-state index >= 15 is 0 Å². The second-order valence-electron chi connectivity index (χ2n) is 4.27. The van der Waals surface area contributed by atoms with E-state index in [1.807, 2.05) is 34.6 Å². The number of hydrogen-bond acceptors (Lipinski definition) is 3. The number of aldehydes is 1. The molecule has 1 fully saturated rings. The van der Waals surface area contributed by atoms with E-state index in [0.29, 0.717) is 13.0 Å². The average molecular weight is 313 g/mol. The molecule has 1 aliphatic heterocycles. The zero-order valence-corrected chi connectivity index (χ0v) is 14.5. The van der Waals surface area contributed by atoms with Gasteiger partial charge in [0.1, 0.15) is 6.29 Å². The average Bonchev–Trinajstić information content (AvgIpc) is 3.01.